The molecular weight excluding hydrogens is 236 g/mol. The summed E-state index contributed by atoms with van der Waals surface area (Å²) in [6.07, 6.45) is 1.09. The number of likely N-dealkylation sites (tertiary alicyclic amines) is 1. The average molecular weight is 256 g/mol. The van der Waals surface area contributed by atoms with Gasteiger partial charge in [-0.15, -0.1) is 0 Å². The molecule has 3 heteroatoms. The molecule has 2 N–H and O–H groups in total. The smallest absolute Gasteiger partial charge is 0.123 e. The van der Waals surface area contributed by atoms with Gasteiger partial charge in [-0.25, -0.2) is 0 Å². The maximum Gasteiger partial charge on any atom is 0.123 e. The van der Waals surface area contributed by atoms with E-state index in [9.17, 15) is 0 Å². The molecule has 0 amide bonds. The Hall–Kier alpha value is -1.58. The molecule has 1 unspecified atom stereocenters. The van der Waals surface area contributed by atoms with E-state index in [-0.39, 0.29) is 0 Å². The van der Waals surface area contributed by atoms with Crippen molar-refractivity contribution in [1.29, 1.82) is 0 Å². The van der Waals surface area contributed by atoms with Gasteiger partial charge in [0.2, 0.25) is 0 Å². The van der Waals surface area contributed by atoms with Gasteiger partial charge >= 0.3 is 0 Å². The van der Waals surface area contributed by atoms with Crippen molar-refractivity contribution in [2.24, 2.45) is 5.73 Å². The van der Waals surface area contributed by atoms with Crippen molar-refractivity contribution in [2.45, 2.75) is 19.0 Å². The van der Waals surface area contributed by atoms with Crippen LogP contribution in [0.4, 0.5) is 0 Å². The van der Waals surface area contributed by atoms with Gasteiger partial charge in [0.1, 0.15) is 5.75 Å². The van der Waals surface area contributed by atoms with E-state index >= 15 is 0 Å². The summed E-state index contributed by atoms with van der Waals surface area (Å²) in [6.45, 7) is 2.97. The Labute approximate surface area is 114 Å². The van der Waals surface area contributed by atoms with Crippen LogP contribution in [0, 0.1) is 0 Å². The van der Waals surface area contributed by atoms with Crippen LogP contribution >= 0.6 is 0 Å². The molecule has 0 spiro atoms. The van der Waals surface area contributed by atoms with E-state index in [0.29, 0.717) is 6.04 Å². The van der Waals surface area contributed by atoms with Crippen LogP contribution < -0.4 is 10.5 Å². The first kappa shape index (κ1) is 12.5. The maximum atomic E-state index is 5.99. The molecule has 3 rings (SSSR count). The van der Waals surface area contributed by atoms with Gasteiger partial charge < -0.3 is 10.5 Å². The highest BCUT2D eigenvalue weighted by molar-refractivity contribution is 5.87. The number of ether oxygens (including phenoxy) is 1. The standard InChI is InChI=1S/C16H20N2O/c1-19-16-7-6-12-4-2-3-5-14(12)15(16)11-18-9-8-13(17)10-18/h2-7,13H,8-11,17H2,1H3. The quantitative estimate of drug-likeness (QED) is 0.916. The average Bonchev–Trinajstić information content (AvgIpc) is 2.85. The molecule has 0 aromatic heterocycles. The number of nitrogens with zero attached hydrogens (tertiary/aromatic N) is 1. The normalized spacial score (nSPS) is 20.0. The highest BCUT2D eigenvalue weighted by atomic mass is 16.5. The lowest BCUT2D eigenvalue weighted by molar-refractivity contribution is 0.318. The second-order valence-electron chi connectivity index (χ2n) is 5.25. The van der Waals surface area contributed by atoms with E-state index < -0.39 is 0 Å². The zero-order chi connectivity index (χ0) is 13.2. The largest absolute Gasteiger partial charge is 0.496 e. The fraction of sp³-hybridized carbons (Fsp3) is 0.375. The van der Waals surface area contributed by atoms with E-state index in [2.05, 4.69) is 41.3 Å². The Bertz CT molecular complexity index is 582. The van der Waals surface area contributed by atoms with Crippen molar-refractivity contribution in [3.63, 3.8) is 0 Å². The molecule has 0 bridgehead atoms. The lowest BCUT2D eigenvalue weighted by Gasteiger charge is -2.19. The summed E-state index contributed by atoms with van der Waals surface area (Å²) in [5.41, 5.74) is 7.26. The summed E-state index contributed by atoms with van der Waals surface area (Å²) in [5.74, 6) is 0.971. The van der Waals surface area contributed by atoms with Crippen LogP contribution in [0.3, 0.4) is 0 Å². The molecule has 2 aromatic rings. The number of nitrogens with two attached hydrogens (primary N) is 1. The Morgan fingerprint density at radius 1 is 1.26 bits per heavy atom. The van der Waals surface area contributed by atoms with Gasteiger partial charge in [-0.3, -0.25) is 4.90 Å². The van der Waals surface area contributed by atoms with Crippen molar-refractivity contribution < 1.29 is 4.74 Å². The minimum absolute atomic E-state index is 0.320. The molecule has 1 aliphatic heterocycles. The van der Waals surface area contributed by atoms with Crippen molar-refractivity contribution >= 4 is 10.8 Å². The molecule has 0 saturated carbocycles. The first-order chi connectivity index (χ1) is 9.28. The van der Waals surface area contributed by atoms with E-state index in [0.717, 1.165) is 31.8 Å². The molecule has 100 valence electrons. The van der Waals surface area contributed by atoms with Crippen LogP contribution in [0.15, 0.2) is 36.4 Å². The van der Waals surface area contributed by atoms with E-state index in [4.69, 9.17) is 10.5 Å². The lowest BCUT2D eigenvalue weighted by atomic mass is 10.0. The summed E-state index contributed by atoms with van der Waals surface area (Å²) in [6, 6.07) is 13.0. The molecule has 1 atom stereocenters. The van der Waals surface area contributed by atoms with Crippen LogP contribution in [-0.2, 0) is 6.54 Å². The van der Waals surface area contributed by atoms with Crippen LogP contribution in [0.1, 0.15) is 12.0 Å². The van der Waals surface area contributed by atoms with Crippen LogP contribution in [-0.4, -0.2) is 31.1 Å². The van der Waals surface area contributed by atoms with Gasteiger partial charge in [0.15, 0.2) is 0 Å². The van der Waals surface area contributed by atoms with Gasteiger partial charge in [0.05, 0.1) is 7.11 Å². The van der Waals surface area contributed by atoms with E-state index in [1.165, 1.54) is 16.3 Å². The molecule has 1 fully saturated rings. The zero-order valence-electron chi connectivity index (χ0n) is 11.3. The molecule has 1 saturated heterocycles. The highest BCUT2D eigenvalue weighted by Crippen LogP contribution is 2.29. The number of benzene rings is 2. The molecule has 1 aliphatic rings. The molecular formula is C16H20N2O. The second kappa shape index (κ2) is 5.19. The van der Waals surface area contributed by atoms with Gasteiger partial charge in [-0.05, 0) is 23.3 Å². The Morgan fingerprint density at radius 2 is 2.11 bits per heavy atom. The van der Waals surface area contributed by atoms with Gasteiger partial charge in [0.25, 0.3) is 0 Å². The van der Waals surface area contributed by atoms with E-state index in [1.54, 1.807) is 7.11 Å². The first-order valence-corrected chi connectivity index (χ1v) is 6.80. The van der Waals surface area contributed by atoms with Gasteiger partial charge in [-0.1, -0.05) is 30.3 Å². The maximum absolute atomic E-state index is 5.99. The summed E-state index contributed by atoms with van der Waals surface area (Å²) in [4.78, 5) is 2.41. The second-order valence-corrected chi connectivity index (χ2v) is 5.25. The SMILES string of the molecule is COc1ccc2ccccc2c1CN1CCC(N)C1. The molecule has 0 radical (unpaired) electrons. The minimum atomic E-state index is 0.320. The molecule has 2 aromatic carbocycles. The molecule has 3 nitrogen and oxygen atoms in total. The topological polar surface area (TPSA) is 38.5 Å². The predicted molar refractivity (Wildman–Crippen MR) is 78.4 cm³/mol. The third kappa shape index (κ3) is 2.44. The summed E-state index contributed by atoms with van der Waals surface area (Å²) in [5, 5.41) is 2.55. The fourth-order valence-electron chi connectivity index (χ4n) is 2.90. The number of fused-ring (bicyclic) bond motifs is 1. The fourth-order valence-corrected chi connectivity index (χ4v) is 2.90. The lowest BCUT2D eigenvalue weighted by Crippen LogP contribution is -2.26. The van der Waals surface area contributed by atoms with Crippen molar-refractivity contribution in [3.8, 4) is 5.75 Å². The number of methoxy groups -OCH3 is 1. The number of hydrogen-bond donors (Lipinski definition) is 1. The third-order valence-corrected chi connectivity index (χ3v) is 3.91. The number of rotatable bonds is 3. The molecule has 0 aliphatic carbocycles. The summed E-state index contributed by atoms with van der Waals surface area (Å²) < 4.78 is 5.53. The number of hydrogen-bond acceptors (Lipinski definition) is 3. The van der Waals surface area contributed by atoms with Gasteiger partial charge in [-0.2, -0.15) is 0 Å². The van der Waals surface area contributed by atoms with Crippen LogP contribution in [0.2, 0.25) is 0 Å². The van der Waals surface area contributed by atoms with Crippen molar-refractivity contribution in [3.05, 3.63) is 42.0 Å². The van der Waals surface area contributed by atoms with Gasteiger partial charge in [0, 0.05) is 31.2 Å². The zero-order valence-corrected chi connectivity index (χ0v) is 11.3. The summed E-state index contributed by atoms with van der Waals surface area (Å²) >= 11 is 0. The Kier molecular flexibility index (Phi) is 3.40. The summed E-state index contributed by atoms with van der Waals surface area (Å²) in [7, 11) is 1.74. The first-order valence-electron chi connectivity index (χ1n) is 6.80. The van der Waals surface area contributed by atoms with E-state index in [1.807, 2.05) is 0 Å². The van der Waals surface area contributed by atoms with Crippen molar-refractivity contribution in [1.82, 2.24) is 4.90 Å². The minimum Gasteiger partial charge on any atom is -0.496 e. The predicted octanol–water partition coefficient (Wildman–Crippen LogP) is 2.38. The Morgan fingerprint density at radius 3 is 2.84 bits per heavy atom. The highest BCUT2D eigenvalue weighted by Gasteiger charge is 2.21. The van der Waals surface area contributed by atoms with Crippen molar-refractivity contribution in [2.75, 3.05) is 20.2 Å². The molecule has 1 heterocycles. The third-order valence-electron chi connectivity index (χ3n) is 3.91. The van der Waals surface area contributed by atoms with Crippen LogP contribution in [0.5, 0.6) is 5.75 Å². The Balaban J connectivity index is 1.99. The van der Waals surface area contributed by atoms with Crippen LogP contribution in [0.25, 0.3) is 10.8 Å². The monoisotopic (exact) mass is 256 g/mol. The molecule has 19 heavy (non-hydrogen) atoms.